The molecule has 2 rings (SSSR count). The maximum atomic E-state index is 12.2. The van der Waals surface area contributed by atoms with E-state index in [1.807, 2.05) is 34.8 Å². The van der Waals surface area contributed by atoms with E-state index in [-0.39, 0.29) is 5.91 Å². The molecule has 2 heterocycles. The predicted molar refractivity (Wildman–Crippen MR) is 63.5 cm³/mol. The maximum absolute atomic E-state index is 12.2. The molecule has 1 aromatic rings. The second kappa shape index (κ2) is 4.70. The molecule has 1 saturated heterocycles. The molecule has 4 heteroatoms. The molecule has 0 bridgehead atoms. The van der Waals surface area contributed by atoms with Crippen LogP contribution in [0.1, 0.15) is 23.8 Å². The summed E-state index contributed by atoms with van der Waals surface area (Å²) in [5.41, 5.74) is 0.805. The number of carbonyl (C=O) groups excluding carboxylic acids is 1. The Morgan fingerprint density at radius 3 is 3.06 bits per heavy atom. The molecule has 0 saturated carbocycles. The van der Waals surface area contributed by atoms with Gasteiger partial charge in [-0.05, 0) is 32.5 Å². The summed E-state index contributed by atoms with van der Waals surface area (Å²) in [5, 5.41) is 3.22. The number of aryl methyl sites for hydroxylation is 1. The van der Waals surface area contributed by atoms with Crippen LogP contribution in [0.25, 0.3) is 0 Å². The first-order valence-electron chi connectivity index (χ1n) is 5.88. The summed E-state index contributed by atoms with van der Waals surface area (Å²) in [6.07, 6.45) is 3.01. The standard InChI is InChI=1S/C12H19N3O/c1-3-14-7-4-5-11(14)12(16)15-8-6-10(9-15)13-2/h4-5,7,10,13H,3,6,8-9H2,1-2H3. The van der Waals surface area contributed by atoms with Gasteiger partial charge in [0.25, 0.3) is 5.91 Å². The lowest BCUT2D eigenvalue weighted by atomic mass is 10.3. The normalized spacial score (nSPS) is 20.4. The van der Waals surface area contributed by atoms with Crippen molar-refractivity contribution in [3.05, 3.63) is 24.0 Å². The van der Waals surface area contributed by atoms with Gasteiger partial charge in [0, 0.05) is 31.9 Å². The zero-order chi connectivity index (χ0) is 11.5. The van der Waals surface area contributed by atoms with E-state index in [2.05, 4.69) is 12.2 Å². The second-order valence-corrected chi connectivity index (χ2v) is 4.20. The summed E-state index contributed by atoms with van der Waals surface area (Å²) in [5.74, 6) is 0.157. The summed E-state index contributed by atoms with van der Waals surface area (Å²) in [6, 6.07) is 4.29. The molecule has 1 unspecified atom stereocenters. The van der Waals surface area contributed by atoms with Crippen LogP contribution in [0.2, 0.25) is 0 Å². The first kappa shape index (κ1) is 11.2. The van der Waals surface area contributed by atoms with Crippen LogP contribution in [-0.2, 0) is 6.54 Å². The fourth-order valence-corrected chi connectivity index (χ4v) is 2.23. The van der Waals surface area contributed by atoms with Gasteiger partial charge in [0.05, 0.1) is 0 Å². The summed E-state index contributed by atoms with van der Waals surface area (Å²) < 4.78 is 2.00. The molecule has 1 aromatic heterocycles. The van der Waals surface area contributed by atoms with Crippen molar-refractivity contribution in [2.45, 2.75) is 25.9 Å². The molecule has 1 aliphatic rings. The molecule has 1 fully saturated rings. The highest BCUT2D eigenvalue weighted by Crippen LogP contribution is 2.14. The third-order valence-corrected chi connectivity index (χ3v) is 3.27. The summed E-state index contributed by atoms with van der Waals surface area (Å²) in [4.78, 5) is 14.2. The predicted octanol–water partition coefficient (Wildman–Crippen LogP) is 0.942. The van der Waals surface area contributed by atoms with Crippen LogP contribution in [0.4, 0.5) is 0 Å². The highest BCUT2D eigenvalue weighted by atomic mass is 16.2. The lowest BCUT2D eigenvalue weighted by molar-refractivity contribution is 0.0779. The van der Waals surface area contributed by atoms with Crippen LogP contribution >= 0.6 is 0 Å². The molecule has 1 amide bonds. The third kappa shape index (κ3) is 1.97. The maximum Gasteiger partial charge on any atom is 0.270 e. The van der Waals surface area contributed by atoms with Gasteiger partial charge < -0.3 is 14.8 Å². The third-order valence-electron chi connectivity index (χ3n) is 3.27. The van der Waals surface area contributed by atoms with Crippen LogP contribution in [0.3, 0.4) is 0 Å². The number of hydrogen-bond acceptors (Lipinski definition) is 2. The number of likely N-dealkylation sites (tertiary alicyclic amines) is 1. The van der Waals surface area contributed by atoms with Crippen LogP contribution < -0.4 is 5.32 Å². The molecule has 0 aromatic carbocycles. The lowest BCUT2D eigenvalue weighted by Crippen LogP contribution is -2.34. The Bertz CT molecular complexity index is 372. The fraction of sp³-hybridized carbons (Fsp3) is 0.583. The van der Waals surface area contributed by atoms with Crippen LogP contribution in [0.15, 0.2) is 18.3 Å². The Labute approximate surface area is 96.2 Å². The van der Waals surface area contributed by atoms with E-state index in [0.29, 0.717) is 6.04 Å². The van der Waals surface area contributed by atoms with Gasteiger partial charge in [0.1, 0.15) is 5.69 Å². The first-order valence-corrected chi connectivity index (χ1v) is 5.88. The van der Waals surface area contributed by atoms with E-state index in [1.165, 1.54) is 0 Å². The Hall–Kier alpha value is -1.29. The van der Waals surface area contributed by atoms with Crippen molar-refractivity contribution < 1.29 is 4.79 Å². The van der Waals surface area contributed by atoms with Crippen LogP contribution in [-0.4, -0.2) is 41.6 Å². The van der Waals surface area contributed by atoms with Crippen molar-refractivity contribution >= 4 is 5.91 Å². The largest absolute Gasteiger partial charge is 0.344 e. The minimum Gasteiger partial charge on any atom is -0.344 e. The molecule has 1 aliphatic heterocycles. The van der Waals surface area contributed by atoms with E-state index in [1.54, 1.807) is 0 Å². The number of amides is 1. The Morgan fingerprint density at radius 1 is 1.62 bits per heavy atom. The Kier molecular flexibility index (Phi) is 3.29. The minimum atomic E-state index is 0.157. The molecule has 1 N–H and O–H groups in total. The zero-order valence-electron chi connectivity index (χ0n) is 9.94. The molecular formula is C12H19N3O. The summed E-state index contributed by atoms with van der Waals surface area (Å²) >= 11 is 0. The molecule has 16 heavy (non-hydrogen) atoms. The van der Waals surface area contributed by atoms with Crippen LogP contribution in [0.5, 0.6) is 0 Å². The van der Waals surface area contributed by atoms with Gasteiger partial charge in [-0.2, -0.15) is 0 Å². The van der Waals surface area contributed by atoms with Crippen molar-refractivity contribution in [2.24, 2.45) is 0 Å². The quantitative estimate of drug-likeness (QED) is 0.825. The number of nitrogens with zero attached hydrogens (tertiary/aromatic N) is 2. The van der Waals surface area contributed by atoms with Gasteiger partial charge in [-0.15, -0.1) is 0 Å². The average molecular weight is 221 g/mol. The average Bonchev–Trinajstić information content (AvgIpc) is 2.96. The zero-order valence-corrected chi connectivity index (χ0v) is 9.94. The number of nitrogens with one attached hydrogen (secondary N) is 1. The lowest BCUT2D eigenvalue weighted by Gasteiger charge is -2.17. The number of hydrogen-bond donors (Lipinski definition) is 1. The number of rotatable bonds is 3. The molecule has 1 atom stereocenters. The van der Waals surface area contributed by atoms with E-state index in [9.17, 15) is 4.79 Å². The van der Waals surface area contributed by atoms with E-state index in [0.717, 1.165) is 31.7 Å². The highest BCUT2D eigenvalue weighted by molar-refractivity contribution is 5.93. The van der Waals surface area contributed by atoms with E-state index >= 15 is 0 Å². The first-order chi connectivity index (χ1) is 7.76. The molecule has 88 valence electrons. The second-order valence-electron chi connectivity index (χ2n) is 4.20. The number of likely N-dealkylation sites (N-methyl/N-ethyl adjacent to an activating group) is 1. The fourth-order valence-electron chi connectivity index (χ4n) is 2.23. The van der Waals surface area contributed by atoms with Crippen molar-refractivity contribution in [1.82, 2.24) is 14.8 Å². The van der Waals surface area contributed by atoms with Crippen molar-refractivity contribution in [3.8, 4) is 0 Å². The topological polar surface area (TPSA) is 37.3 Å². The smallest absolute Gasteiger partial charge is 0.270 e. The Morgan fingerprint density at radius 2 is 2.44 bits per heavy atom. The summed E-state index contributed by atoms with van der Waals surface area (Å²) in [7, 11) is 1.95. The highest BCUT2D eigenvalue weighted by Gasteiger charge is 2.26. The molecule has 4 nitrogen and oxygen atoms in total. The summed E-state index contributed by atoms with van der Waals surface area (Å²) in [6.45, 7) is 4.58. The van der Waals surface area contributed by atoms with Crippen molar-refractivity contribution in [1.29, 1.82) is 0 Å². The molecule has 0 radical (unpaired) electrons. The van der Waals surface area contributed by atoms with E-state index in [4.69, 9.17) is 0 Å². The van der Waals surface area contributed by atoms with Gasteiger partial charge in [-0.1, -0.05) is 0 Å². The van der Waals surface area contributed by atoms with E-state index < -0.39 is 0 Å². The van der Waals surface area contributed by atoms with Crippen molar-refractivity contribution in [2.75, 3.05) is 20.1 Å². The number of carbonyl (C=O) groups is 1. The number of aromatic nitrogens is 1. The minimum absolute atomic E-state index is 0.157. The van der Waals surface area contributed by atoms with Gasteiger partial charge in [-0.25, -0.2) is 0 Å². The van der Waals surface area contributed by atoms with Gasteiger partial charge in [-0.3, -0.25) is 4.79 Å². The van der Waals surface area contributed by atoms with Gasteiger partial charge in [0.15, 0.2) is 0 Å². The van der Waals surface area contributed by atoms with Crippen LogP contribution in [0, 0.1) is 0 Å². The molecular weight excluding hydrogens is 202 g/mol. The van der Waals surface area contributed by atoms with Crippen molar-refractivity contribution in [3.63, 3.8) is 0 Å². The SMILES string of the molecule is CCn1cccc1C(=O)N1CCC(NC)C1. The monoisotopic (exact) mass is 221 g/mol. The van der Waals surface area contributed by atoms with Gasteiger partial charge >= 0.3 is 0 Å². The Balaban J connectivity index is 2.08. The molecule has 0 spiro atoms. The van der Waals surface area contributed by atoms with Gasteiger partial charge in [0.2, 0.25) is 0 Å². The molecule has 0 aliphatic carbocycles.